The summed E-state index contributed by atoms with van der Waals surface area (Å²) in [6, 6.07) is 5.71. The molecular formula is C17H20ClNO2. The Morgan fingerprint density at radius 1 is 1.24 bits per heavy atom. The number of fused-ring (bicyclic) bond motifs is 1. The zero-order chi connectivity index (χ0) is 14.8. The molecule has 4 heteroatoms. The van der Waals surface area contributed by atoms with Crippen molar-refractivity contribution in [2.75, 3.05) is 0 Å². The predicted molar refractivity (Wildman–Crippen MR) is 84.9 cm³/mol. The van der Waals surface area contributed by atoms with Crippen LogP contribution >= 0.6 is 11.6 Å². The molecule has 112 valence electrons. The molecule has 0 radical (unpaired) electrons. The first kappa shape index (κ1) is 14.5. The monoisotopic (exact) mass is 305 g/mol. The zero-order valence-electron chi connectivity index (χ0n) is 12.2. The van der Waals surface area contributed by atoms with Crippen LogP contribution in [-0.2, 0) is 0 Å². The standard InChI is InChI=1S/C17H20ClNO2/c1-11-14-10-12(18)8-9-15(14)21-16(11)17(20)19-13-6-4-2-3-5-7-13/h8-10,13H,2-7H2,1H3,(H,19,20). The highest BCUT2D eigenvalue weighted by atomic mass is 35.5. The van der Waals surface area contributed by atoms with Crippen molar-refractivity contribution >= 4 is 28.5 Å². The molecule has 1 aromatic carbocycles. The van der Waals surface area contributed by atoms with E-state index >= 15 is 0 Å². The Bertz CT molecular complexity index is 654. The van der Waals surface area contributed by atoms with E-state index in [0.29, 0.717) is 16.4 Å². The average molecular weight is 306 g/mol. The lowest BCUT2D eigenvalue weighted by Gasteiger charge is -2.15. The van der Waals surface area contributed by atoms with E-state index in [1.165, 1.54) is 25.7 Å². The number of halogens is 1. The van der Waals surface area contributed by atoms with Gasteiger partial charge in [-0.2, -0.15) is 0 Å². The maximum absolute atomic E-state index is 12.5. The van der Waals surface area contributed by atoms with Crippen LogP contribution in [-0.4, -0.2) is 11.9 Å². The molecule has 1 fully saturated rings. The molecule has 3 nitrogen and oxygen atoms in total. The highest BCUT2D eigenvalue weighted by molar-refractivity contribution is 6.31. The number of hydrogen-bond donors (Lipinski definition) is 1. The third kappa shape index (κ3) is 3.08. The van der Waals surface area contributed by atoms with Crippen LogP contribution in [0.25, 0.3) is 11.0 Å². The maximum Gasteiger partial charge on any atom is 0.287 e. The SMILES string of the molecule is Cc1c(C(=O)NC2CCCCCC2)oc2ccc(Cl)cc12. The van der Waals surface area contributed by atoms with Gasteiger partial charge in [-0.1, -0.05) is 37.3 Å². The summed E-state index contributed by atoms with van der Waals surface area (Å²) >= 11 is 6.01. The normalized spacial score (nSPS) is 16.9. The molecule has 21 heavy (non-hydrogen) atoms. The molecular weight excluding hydrogens is 286 g/mol. The van der Waals surface area contributed by atoms with Gasteiger partial charge >= 0.3 is 0 Å². The molecule has 0 saturated heterocycles. The average Bonchev–Trinajstić information content (AvgIpc) is 2.65. The molecule has 0 aliphatic heterocycles. The van der Waals surface area contributed by atoms with E-state index in [9.17, 15) is 4.79 Å². The van der Waals surface area contributed by atoms with Crippen molar-refractivity contribution in [1.29, 1.82) is 0 Å². The lowest BCUT2D eigenvalue weighted by molar-refractivity contribution is 0.0906. The summed E-state index contributed by atoms with van der Waals surface area (Å²) in [7, 11) is 0. The van der Waals surface area contributed by atoms with Gasteiger partial charge < -0.3 is 9.73 Å². The number of nitrogens with one attached hydrogen (secondary N) is 1. The van der Waals surface area contributed by atoms with E-state index in [1.54, 1.807) is 6.07 Å². The zero-order valence-corrected chi connectivity index (χ0v) is 13.0. The van der Waals surface area contributed by atoms with Crippen molar-refractivity contribution in [2.45, 2.75) is 51.5 Å². The first-order chi connectivity index (χ1) is 10.1. The smallest absolute Gasteiger partial charge is 0.287 e. The van der Waals surface area contributed by atoms with Gasteiger partial charge in [-0.25, -0.2) is 0 Å². The van der Waals surface area contributed by atoms with Crippen molar-refractivity contribution in [3.8, 4) is 0 Å². The fraction of sp³-hybridized carbons (Fsp3) is 0.471. The lowest BCUT2D eigenvalue weighted by atomic mass is 10.1. The molecule has 1 N–H and O–H groups in total. The summed E-state index contributed by atoms with van der Waals surface area (Å²) in [5.74, 6) is 0.309. The number of hydrogen-bond acceptors (Lipinski definition) is 2. The highest BCUT2D eigenvalue weighted by Gasteiger charge is 2.21. The van der Waals surface area contributed by atoms with Gasteiger partial charge in [-0.3, -0.25) is 4.79 Å². The summed E-state index contributed by atoms with van der Waals surface area (Å²) in [5.41, 5.74) is 1.57. The Morgan fingerprint density at radius 2 is 1.95 bits per heavy atom. The third-order valence-corrected chi connectivity index (χ3v) is 4.53. The van der Waals surface area contributed by atoms with Crippen LogP contribution in [0.5, 0.6) is 0 Å². The van der Waals surface area contributed by atoms with Crippen molar-refractivity contribution in [3.63, 3.8) is 0 Å². The largest absolute Gasteiger partial charge is 0.451 e. The fourth-order valence-electron chi connectivity index (χ4n) is 3.08. The molecule has 1 aliphatic rings. The van der Waals surface area contributed by atoms with E-state index in [2.05, 4.69) is 5.32 Å². The molecule has 1 aromatic heterocycles. The van der Waals surface area contributed by atoms with Crippen molar-refractivity contribution in [1.82, 2.24) is 5.32 Å². The van der Waals surface area contributed by atoms with Gasteiger partial charge in [0.2, 0.25) is 0 Å². The minimum atomic E-state index is -0.105. The minimum Gasteiger partial charge on any atom is -0.451 e. The number of benzene rings is 1. The molecule has 2 aromatic rings. The first-order valence-electron chi connectivity index (χ1n) is 7.64. The van der Waals surface area contributed by atoms with Crippen LogP contribution in [0.15, 0.2) is 22.6 Å². The van der Waals surface area contributed by atoms with E-state index in [0.717, 1.165) is 23.8 Å². The van der Waals surface area contributed by atoms with Gasteiger partial charge in [0.05, 0.1) is 0 Å². The number of aryl methyl sites for hydroxylation is 1. The Hall–Kier alpha value is -1.48. The van der Waals surface area contributed by atoms with E-state index < -0.39 is 0 Å². The van der Waals surface area contributed by atoms with Gasteiger partial charge in [0.1, 0.15) is 5.58 Å². The number of carbonyl (C=O) groups is 1. The summed E-state index contributed by atoms with van der Waals surface area (Å²) in [4.78, 5) is 12.5. The van der Waals surface area contributed by atoms with Gasteiger partial charge in [-0.15, -0.1) is 0 Å². The Morgan fingerprint density at radius 3 is 2.67 bits per heavy atom. The molecule has 1 saturated carbocycles. The fourth-order valence-corrected chi connectivity index (χ4v) is 3.26. The molecule has 0 spiro atoms. The van der Waals surface area contributed by atoms with Gasteiger partial charge in [0.15, 0.2) is 5.76 Å². The summed E-state index contributed by atoms with van der Waals surface area (Å²) < 4.78 is 5.72. The van der Waals surface area contributed by atoms with Crippen LogP contribution in [0.1, 0.15) is 54.6 Å². The summed E-state index contributed by atoms with van der Waals surface area (Å²) in [5, 5.41) is 4.69. The second-order valence-corrected chi connectivity index (χ2v) is 6.30. The second kappa shape index (κ2) is 6.10. The van der Waals surface area contributed by atoms with E-state index in [1.807, 2.05) is 19.1 Å². The quantitative estimate of drug-likeness (QED) is 0.806. The molecule has 3 rings (SSSR count). The van der Waals surface area contributed by atoms with Crippen LogP contribution in [0, 0.1) is 6.92 Å². The van der Waals surface area contributed by atoms with Crippen LogP contribution in [0.4, 0.5) is 0 Å². The summed E-state index contributed by atoms with van der Waals surface area (Å²) in [6.07, 6.45) is 7.07. The first-order valence-corrected chi connectivity index (χ1v) is 8.02. The molecule has 0 atom stereocenters. The van der Waals surface area contributed by atoms with E-state index in [-0.39, 0.29) is 11.9 Å². The minimum absolute atomic E-state index is 0.105. The molecule has 1 amide bonds. The highest BCUT2D eigenvalue weighted by Crippen LogP contribution is 2.28. The summed E-state index contributed by atoms with van der Waals surface area (Å²) in [6.45, 7) is 1.91. The van der Waals surface area contributed by atoms with Crippen molar-refractivity contribution < 1.29 is 9.21 Å². The Balaban J connectivity index is 1.82. The lowest BCUT2D eigenvalue weighted by Crippen LogP contribution is -2.34. The number of amides is 1. The van der Waals surface area contributed by atoms with Gasteiger partial charge in [0.25, 0.3) is 5.91 Å². The number of rotatable bonds is 2. The molecule has 1 heterocycles. The van der Waals surface area contributed by atoms with Crippen molar-refractivity contribution in [2.24, 2.45) is 0 Å². The number of carbonyl (C=O) groups excluding carboxylic acids is 1. The third-order valence-electron chi connectivity index (χ3n) is 4.29. The van der Waals surface area contributed by atoms with Crippen molar-refractivity contribution in [3.05, 3.63) is 34.5 Å². The molecule has 0 bridgehead atoms. The predicted octanol–water partition coefficient (Wildman–Crippen LogP) is 4.85. The van der Waals surface area contributed by atoms with Crippen LogP contribution in [0.3, 0.4) is 0 Å². The van der Waals surface area contributed by atoms with E-state index in [4.69, 9.17) is 16.0 Å². The van der Waals surface area contributed by atoms with Crippen LogP contribution in [0.2, 0.25) is 5.02 Å². The maximum atomic E-state index is 12.5. The van der Waals surface area contributed by atoms with Gasteiger partial charge in [-0.05, 0) is 38.0 Å². The molecule has 1 aliphatic carbocycles. The second-order valence-electron chi connectivity index (χ2n) is 5.86. The number of furan rings is 1. The van der Waals surface area contributed by atoms with Crippen LogP contribution < -0.4 is 5.32 Å². The van der Waals surface area contributed by atoms with Gasteiger partial charge in [0, 0.05) is 22.0 Å². The Kier molecular flexibility index (Phi) is 4.20. The topological polar surface area (TPSA) is 42.2 Å². The Labute approximate surface area is 129 Å². The molecule has 0 unspecified atom stereocenters.